The second kappa shape index (κ2) is 8.12. The number of ether oxygens (including phenoxy) is 1. The second-order valence-corrected chi connectivity index (χ2v) is 8.49. The predicted molar refractivity (Wildman–Crippen MR) is 117 cm³/mol. The van der Waals surface area contributed by atoms with Crippen LogP contribution in [0.15, 0.2) is 53.9 Å². The summed E-state index contributed by atoms with van der Waals surface area (Å²) in [5.74, 6) is 0.693. The van der Waals surface area contributed by atoms with Gasteiger partial charge in [0, 0.05) is 5.56 Å². The Morgan fingerprint density at radius 1 is 1.11 bits per heavy atom. The van der Waals surface area contributed by atoms with E-state index in [0.717, 1.165) is 28.0 Å². The SMILES string of the molecule is CCc1ccc(OCc2csc(C(=O)Nc3nc4ccc(C)cc4s3)c2)cc1. The fourth-order valence-corrected chi connectivity index (χ4v) is 4.55. The van der Waals surface area contributed by atoms with Crippen molar-refractivity contribution in [2.75, 3.05) is 5.32 Å². The molecular formula is C22H20N2O2S2. The molecule has 0 aliphatic carbocycles. The number of carbonyl (C=O) groups is 1. The third kappa shape index (κ3) is 4.24. The van der Waals surface area contributed by atoms with Gasteiger partial charge in [-0.3, -0.25) is 10.1 Å². The summed E-state index contributed by atoms with van der Waals surface area (Å²) >= 11 is 2.90. The first-order chi connectivity index (χ1) is 13.6. The maximum Gasteiger partial charge on any atom is 0.267 e. The van der Waals surface area contributed by atoms with Crippen LogP contribution in [0, 0.1) is 6.92 Å². The molecule has 4 rings (SSSR count). The molecule has 2 aromatic carbocycles. The van der Waals surface area contributed by atoms with Crippen LogP contribution in [0.3, 0.4) is 0 Å². The first kappa shape index (κ1) is 18.7. The van der Waals surface area contributed by atoms with Crippen molar-refractivity contribution in [2.45, 2.75) is 26.9 Å². The van der Waals surface area contributed by atoms with Gasteiger partial charge in [-0.25, -0.2) is 4.98 Å². The zero-order valence-electron chi connectivity index (χ0n) is 15.7. The van der Waals surface area contributed by atoms with Crippen LogP contribution in [-0.2, 0) is 13.0 Å². The van der Waals surface area contributed by atoms with E-state index in [4.69, 9.17) is 4.74 Å². The van der Waals surface area contributed by atoms with Crippen molar-refractivity contribution in [1.29, 1.82) is 0 Å². The molecule has 0 saturated carbocycles. The minimum Gasteiger partial charge on any atom is -0.489 e. The monoisotopic (exact) mass is 408 g/mol. The lowest BCUT2D eigenvalue weighted by Gasteiger charge is -2.05. The van der Waals surface area contributed by atoms with E-state index in [2.05, 4.69) is 35.4 Å². The van der Waals surface area contributed by atoms with Crippen LogP contribution in [-0.4, -0.2) is 10.9 Å². The maximum atomic E-state index is 12.5. The Balaban J connectivity index is 1.39. The number of amides is 1. The van der Waals surface area contributed by atoms with Crippen LogP contribution in [0.2, 0.25) is 0 Å². The average molecular weight is 409 g/mol. The van der Waals surface area contributed by atoms with Crippen LogP contribution in [0.4, 0.5) is 5.13 Å². The minimum absolute atomic E-state index is 0.140. The molecule has 2 aromatic heterocycles. The lowest BCUT2D eigenvalue weighted by Crippen LogP contribution is -2.09. The molecule has 0 aliphatic rings. The van der Waals surface area contributed by atoms with E-state index in [9.17, 15) is 4.79 Å². The van der Waals surface area contributed by atoms with Gasteiger partial charge >= 0.3 is 0 Å². The van der Waals surface area contributed by atoms with Crippen molar-refractivity contribution >= 4 is 43.9 Å². The van der Waals surface area contributed by atoms with E-state index in [-0.39, 0.29) is 5.91 Å². The number of hydrogen-bond acceptors (Lipinski definition) is 5. The maximum absolute atomic E-state index is 12.5. The Hall–Kier alpha value is -2.70. The van der Waals surface area contributed by atoms with Crippen molar-refractivity contribution in [3.05, 3.63) is 75.5 Å². The van der Waals surface area contributed by atoms with Crippen molar-refractivity contribution in [3.8, 4) is 5.75 Å². The van der Waals surface area contributed by atoms with E-state index >= 15 is 0 Å². The Bertz CT molecular complexity index is 1110. The van der Waals surface area contributed by atoms with Crippen molar-refractivity contribution in [1.82, 2.24) is 4.98 Å². The first-order valence-corrected chi connectivity index (χ1v) is 10.8. The third-order valence-electron chi connectivity index (χ3n) is 4.38. The lowest BCUT2D eigenvalue weighted by molar-refractivity contribution is 0.103. The average Bonchev–Trinajstić information content (AvgIpc) is 3.33. The number of anilines is 1. The van der Waals surface area contributed by atoms with Crippen LogP contribution in [0.5, 0.6) is 5.75 Å². The molecule has 4 nitrogen and oxygen atoms in total. The number of thiazole rings is 1. The fraction of sp³-hybridized carbons (Fsp3) is 0.182. The molecule has 0 saturated heterocycles. The van der Waals surface area contributed by atoms with Gasteiger partial charge in [-0.2, -0.15) is 0 Å². The molecule has 0 fully saturated rings. The Kier molecular flexibility index (Phi) is 5.41. The Morgan fingerprint density at radius 2 is 1.93 bits per heavy atom. The van der Waals surface area contributed by atoms with E-state index in [1.165, 1.54) is 33.8 Å². The number of carbonyl (C=O) groups excluding carboxylic acids is 1. The number of rotatable bonds is 6. The lowest BCUT2D eigenvalue weighted by atomic mass is 10.2. The summed E-state index contributed by atoms with van der Waals surface area (Å²) in [5.41, 5.74) is 4.35. The molecule has 142 valence electrons. The zero-order valence-corrected chi connectivity index (χ0v) is 17.3. The second-order valence-electron chi connectivity index (χ2n) is 6.55. The Morgan fingerprint density at radius 3 is 2.71 bits per heavy atom. The molecule has 1 N–H and O–H groups in total. The highest BCUT2D eigenvalue weighted by atomic mass is 32.1. The first-order valence-electron chi connectivity index (χ1n) is 9.08. The van der Waals surface area contributed by atoms with Gasteiger partial charge in [0.25, 0.3) is 5.91 Å². The third-order valence-corrected chi connectivity index (χ3v) is 6.29. The van der Waals surface area contributed by atoms with Gasteiger partial charge < -0.3 is 4.74 Å². The van der Waals surface area contributed by atoms with E-state index in [0.29, 0.717) is 16.6 Å². The minimum atomic E-state index is -0.140. The molecule has 0 radical (unpaired) electrons. The molecule has 0 atom stereocenters. The van der Waals surface area contributed by atoms with Crippen molar-refractivity contribution < 1.29 is 9.53 Å². The molecule has 1 amide bonds. The quantitative estimate of drug-likeness (QED) is 0.422. The summed E-state index contributed by atoms with van der Waals surface area (Å²) < 4.78 is 6.89. The largest absolute Gasteiger partial charge is 0.489 e. The van der Waals surface area contributed by atoms with Gasteiger partial charge in [0.15, 0.2) is 5.13 Å². The molecule has 6 heteroatoms. The van der Waals surface area contributed by atoms with E-state index in [1.807, 2.05) is 42.6 Å². The number of benzene rings is 2. The fourth-order valence-electron chi connectivity index (χ4n) is 2.80. The number of thiophene rings is 1. The van der Waals surface area contributed by atoms with E-state index in [1.54, 1.807) is 0 Å². The normalized spacial score (nSPS) is 10.9. The molecule has 28 heavy (non-hydrogen) atoms. The van der Waals surface area contributed by atoms with Crippen LogP contribution >= 0.6 is 22.7 Å². The van der Waals surface area contributed by atoms with Gasteiger partial charge in [-0.15, -0.1) is 11.3 Å². The number of nitrogens with zero attached hydrogens (tertiary/aromatic N) is 1. The number of aromatic nitrogens is 1. The standard InChI is InChI=1S/C22H20N2O2S2/c1-3-15-5-7-17(8-6-15)26-12-16-11-20(27-13-16)21(25)24-22-23-18-9-4-14(2)10-19(18)28-22/h4-11,13H,3,12H2,1-2H3,(H,23,24,25). The number of hydrogen-bond donors (Lipinski definition) is 1. The van der Waals surface area contributed by atoms with Crippen LogP contribution in [0.1, 0.15) is 33.3 Å². The van der Waals surface area contributed by atoms with Crippen LogP contribution in [0.25, 0.3) is 10.2 Å². The molecule has 0 aliphatic heterocycles. The summed E-state index contributed by atoms with van der Waals surface area (Å²) in [5, 5.41) is 5.48. The highest BCUT2D eigenvalue weighted by molar-refractivity contribution is 7.22. The summed E-state index contributed by atoms with van der Waals surface area (Å²) in [6.07, 6.45) is 1.01. The highest BCUT2D eigenvalue weighted by Gasteiger charge is 2.13. The molecule has 0 unspecified atom stereocenters. The smallest absolute Gasteiger partial charge is 0.267 e. The summed E-state index contributed by atoms with van der Waals surface area (Å²) in [6.45, 7) is 4.61. The van der Waals surface area contributed by atoms with Gasteiger partial charge in [0.2, 0.25) is 0 Å². The highest BCUT2D eigenvalue weighted by Crippen LogP contribution is 2.27. The summed E-state index contributed by atoms with van der Waals surface area (Å²) in [6, 6.07) is 16.1. The Labute approximate surface area is 171 Å². The van der Waals surface area contributed by atoms with Crippen molar-refractivity contribution in [2.24, 2.45) is 0 Å². The zero-order chi connectivity index (χ0) is 19.5. The van der Waals surface area contributed by atoms with Gasteiger partial charge in [0.1, 0.15) is 12.4 Å². The molecule has 0 bridgehead atoms. The molecule has 2 heterocycles. The molecular weight excluding hydrogens is 388 g/mol. The molecule has 0 spiro atoms. The van der Waals surface area contributed by atoms with Gasteiger partial charge in [-0.05, 0) is 60.2 Å². The number of fused-ring (bicyclic) bond motifs is 1. The number of aryl methyl sites for hydroxylation is 2. The van der Waals surface area contributed by atoms with Gasteiger partial charge in [-0.1, -0.05) is 36.5 Å². The van der Waals surface area contributed by atoms with Crippen LogP contribution < -0.4 is 10.1 Å². The molecule has 4 aromatic rings. The summed E-state index contributed by atoms with van der Waals surface area (Å²) in [7, 11) is 0. The van der Waals surface area contributed by atoms with Crippen molar-refractivity contribution in [3.63, 3.8) is 0 Å². The summed E-state index contributed by atoms with van der Waals surface area (Å²) in [4.78, 5) is 17.7. The topological polar surface area (TPSA) is 51.2 Å². The van der Waals surface area contributed by atoms with Gasteiger partial charge in [0.05, 0.1) is 15.1 Å². The van der Waals surface area contributed by atoms with E-state index < -0.39 is 0 Å². The predicted octanol–water partition coefficient (Wildman–Crippen LogP) is 6.06. The number of nitrogens with one attached hydrogen (secondary N) is 1.